The van der Waals surface area contributed by atoms with Gasteiger partial charge in [-0.2, -0.15) is 5.10 Å². The van der Waals surface area contributed by atoms with Gasteiger partial charge in [0.05, 0.1) is 28.3 Å². The van der Waals surface area contributed by atoms with E-state index >= 15 is 0 Å². The van der Waals surface area contributed by atoms with Gasteiger partial charge in [-0.25, -0.2) is 14.1 Å². The van der Waals surface area contributed by atoms with Crippen LogP contribution in [0.1, 0.15) is 18.8 Å². The molecular weight excluding hydrogens is 381 g/mol. The molecule has 6 nitrogen and oxygen atoms in total. The summed E-state index contributed by atoms with van der Waals surface area (Å²) in [5, 5.41) is 7.26. The molecule has 2 heterocycles. The molecule has 4 rings (SSSR count). The molecule has 0 amide bonds. The number of anilines is 1. The zero-order valence-electron chi connectivity index (χ0n) is 15.2. The SMILES string of the molecule is CC(Nc1c(Cl)cnn(C)c1=O)c1nc2ccc(F)cc2n1-c1ccccc1. The number of rotatable bonds is 4. The van der Waals surface area contributed by atoms with E-state index in [9.17, 15) is 9.18 Å². The number of nitrogens with one attached hydrogen (secondary N) is 1. The van der Waals surface area contributed by atoms with Gasteiger partial charge in [-0.1, -0.05) is 29.8 Å². The van der Waals surface area contributed by atoms with Crippen molar-refractivity contribution < 1.29 is 4.39 Å². The Morgan fingerprint density at radius 3 is 2.68 bits per heavy atom. The summed E-state index contributed by atoms with van der Waals surface area (Å²) in [5.74, 6) is 0.282. The molecule has 0 spiro atoms. The van der Waals surface area contributed by atoms with E-state index in [1.165, 1.54) is 23.0 Å². The third-order valence-electron chi connectivity index (χ3n) is 4.50. The second kappa shape index (κ2) is 7.09. The Kier molecular flexibility index (Phi) is 4.60. The number of aryl methyl sites for hydroxylation is 1. The molecule has 0 saturated heterocycles. The summed E-state index contributed by atoms with van der Waals surface area (Å²) < 4.78 is 17.0. The van der Waals surface area contributed by atoms with Crippen molar-refractivity contribution in [1.29, 1.82) is 0 Å². The molecule has 0 aliphatic heterocycles. The van der Waals surface area contributed by atoms with Gasteiger partial charge in [0.15, 0.2) is 0 Å². The summed E-state index contributed by atoms with van der Waals surface area (Å²) >= 11 is 6.17. The van der Waals surface area contributed by atoms with Gasteiger partial charge in [0.1, 0.15) is 17.3 Å². The Hall–Kier alpha value is -3.19. The van der Waals surface area contributed by atoms with Gasteiger partial charge in [-0.05, 0) is 31.2 Å². The number of benzene rings is 2. The van der Waals surface area contributed by atoms with Crippen molar-refractivity contribution in [3.05, 3.63) is 81.7 Å². The summed E-state index contributed by atoms with van der Waals surface area (Å²) in [4.78, 5) is 17.1. The van der Waals surface area contributed by atoms with E-state index in [-0.39, 0.29) is 28.1 Å². The standard InChI is InChI=1S/C20H17ClFN5O/c1-12(24-18-15(21)11-23-26(2)20(18)28)19-25-16-9-8-13(22)10-17(16)27(19)14-6-4-3-5-7-14/h3-12,24H,1-2H3. The van der Waals surface area contributed by atoms with Crippen molar-refractivity contribution in [3.63, 3.8) is 0 Å². The highest BCUT2D eigenvalue weighted by Crippen LogP contribution is 2.28. The highest BCUT2D eigenvalue weighted by atomic mass is 35.5. The number of hydrogen-bond donors (Lipinski definition) is 1. The van der Waals surface area contributed by atoms with Crippen LogP contribution in [0.2, 0.25) is 5.02 Å². The van der Waals surface area contributed by atoms with Crippen LogP contribution in [0.5, 0.6) is 0 Å². The van der Waals surface area contributed by atoms with E-state index in [1.807, 2.05) is 41.8 Å². The van der Waals surface area contributed by atoms with E-state index in [0.29, 0.717) is 16.9 Å². The third-order valence-corrected chi connectivity index (χ3v) is 4.78. The third kappa shape index (κ3) is 3.14. The molecule has 4 aromatic rings. The van der Waals surface area contributed by atoms with Crippen molar-refractivity contribution in [2.24, 2.45) is 7.05 Å². The molecule has 0 fully saturated rings. The zero-order valence-corrected chi connectivity index (χ0v) is 16.0. The lowest BCUT2D eigenvalue weighted by Gasteiger charge is -2.18. The van der Waals surface area contributed by atoms with Gasteiger partial charge in [0, 0.05) is 18.8 Å². The first-order valence-corrected chi connectivity index (χ1v) is 9.05. The average Bonchev–Trinajstić information content (AvgIpc) is 3.07. The van der Waals surface area contributed by atoms with Gasteiger partial charge >= 0.3 is 0 Å². The molecule has 0 bridgehead atoms. The molecule has 1 atom stereocenters. The van der Waals surface area contributed by atoms with Crippen LogP contribution in [0, 0.1) is 5.82 Å². The minimum absolute atomic E-state index is 0.225. The first kappa shape index (κ1) is 18.2. The summed E-state index contributed by atoms with van der Waals surface area (Å²) in [6, 6.07) is 13.6. The maximum atomic E-state index is 13.9. The Labute approximate surface area is 165 Å². The van der Waals surface area contributed by atoms with Crippen LogP contribution in [0.25, 0.3) is 16.7 Å². The molecule has 2 aromatic carbocycles. The maximum Gasteiger partial charge on any atom is 0.291 e. The molecule has 2 aromatic heterocycles. The Balaban J connectivity index is 1.87. The van der Waals surface area contributed by atoms with Crippen molar-refractivity contribution in [3.8, 4) is 5.69 Å². The largest absolute Gasteiger partial charge is 0.370 e. The van der Waals surface area contributed by atoms with E-state index in [2.05, 4.69) is 15.4 Å². The number of hydrogen-bond acceptors (Lipinski definition) is 4. The number of nitrogens with zero attached hydrogens (tertiary/aromatic N) is 4. The second-order valence-corrected chi connectivity index (χ2v) is 6.84. The molecule has 28 heavy (non-hydrogen) atoms. The summed E-state index contributed by atoms with van der Waals surface area (Å²) in [5.41, 5.74) is 2.04. The molecule has 1 unspecified atom stereocenters. The number of aromatic nitrogens is 4. The van der Waals surface area contributed by atoms with Gasteiger partial charge in [-0.15, -0.1) is 0 Å². The number of para-hydroxylation sites is 1. The zero-order chi connectivity index (χ0) is 19.8. The predicted molar refractivity (Wildman–Crippen MR) is 108 cm³/mol. The summed E-state index contributed by atoms with van der Waals surface area (Å²) in [6.45, 7) is 1.87. The lowest BCUT2D eigenvalue weighted by atomic mass is 10.2. The number of halogens is 2. The second-order valence-electron chi connectivity index (χ2n) is 6.44. The Morgan fingerprint density at radius 1 is 1.18 bits per heavy atom. The minimum Gasteiger partial charge on any atom is -0.370 e. The lowest BCUT2D eigenvalue weighted by Crippen LogP contribution is -2.25. The topological polar surface area (TPSA) is 64.7 Å². The van der Waals surface area contributed by atoms with E-state index in [1.54, 1.807) is 13.1 Å². The monoisotopic (exact) mass is 397 g/mol. The van der Waals surface area contributed by atoms with E-state index in [4.69, 9.17) is 11.6 Å². The van der Waals surface area contributed by atoms with Crippen LogP contribution < -0.4 is 10.9 Å². The maximum absolute atomic E-state index is 13.9. The van der Waals surface area contributed by atoms with Crippen molar-refractivity contribution in [2.75, 3.05) is 5.32 Å². The van der Waals surface area contributed by atoms with E-state index < -0.39 is 0 Å². The highest BCUT2D eigenvalue weighted by Gasteiger charge is 2.20. The van der Waals surface area contributed by atoms with Gasteiger partial charge in [0.25, 0.3) is 5.56 Å². The molecule has 0 saturated carbocycles. The normalized spacial score (nSPS) is 12.3. The number of imidazole rings is 1. The van der Waals surface area contributed by atoms with Crippen molar-refractivity contribution in [2.45, 2.75) is 13.0 Å². The quantitative estimate of drug-likeness (QED) is 0.563. The first-order chi connectivity index (χ1) is 13.5. The van der Waals surface area contributed by atoms with Crippen LogP contribution in [0.3, 0.4) is 0 Å². The van der Waals surface area contributed by atoms with Crippen LogP contribution >= 0.6 is 11.6 Å². The average molecular weight is 398 g/mol. The molecule has 142 valence electrons. The van der Waals surface area contributed by atoms with Crippen LogP contribution in [-0.2, 0) is 7.05 Å². The molecule has 8 heteroatoms. The van der Waals surface area contributed by atoms with Crippen LogP contribution in [0.4, 0.5) is 10.1 Å². The smallest absolute Gasteiger partial charge is 0.291 e. The fourth-order valence-corrected chi connectivity index (χ4v) is 3.31. The predicted octanol–water partition coefficient (Wildman–Crippen LogP) is 4.08. The molecule has 0 aliphatic rings. The fraction of sp³-hybridized carbons (Fsp3) is 0.150. The van der Waals surface area contributed by atoms with Gasteiger partial charge < -0.3 is 5.32 Å². The summed E-state index contributed by atoms with van der Waals surface area (Å²) in [7, 11) is 1.55. The first-order valence-electron chi connectivity index (χ1n) is 8.67. The van der Waals surface area contributed by atoms with Crippen LogP contribution in [-0.4, -0.2) is 19.3 Å². The molecular formula is C20H17ClFN5O. The summed E-state index contributed by atoms with van der Waals surface area (Å²) in [6.07, 6.45) is 1.41. The molecule has 0 aliphatic carbocycles. The van der Waals surface area contributed by atoms with E-state index in [0.717, 1.165) is 5.69 Å². The van der Waals surface area contributed by atoms with Crippen molar-refractivity contribution >= 4 is 28.3 Å². The number of fused-ring (bicyclic) bond motifs is 1. The van der Waals surface area contributed by atoms with Crippen LogP contribution in [0.15, 0.2) is 59.5 Å². The van der Waals surface area contributed by atoms with Crippen molar-refractivity contribution in [1.82, 2.24) is 19.3 Å². The van der Waals surface area contributed by atoms with Gasteiger partial charge in [-0.3, -0.25) is 9.36 Å². The fourth-order valence-electron chi connectivity index (χ4n) is 3.14. The molecule has 0 radical (unpaired) electrons. The highest BCUT2D eigenvalue weighted by molar-refractivity contribution is 6.33. The lowest BCUT2D eigenvalue weighted by molar-refractivity contribution is 0.629. The Bertz CT molecular complexity index is 1220. The molecule has 1 N–H and O–H groups in total. The van der Waals surface area contributed by atoms with Gasteiger partial charge in [0.2, 0.25) is 0 Å². The minimum atomic E-state index is -0.386. The Morgan fingerprint density at radius 2 is 1.93 bits per heavy atom.